The number of hydrogen-bond acceptors (Lipinski definition) is 2. The molecule has 2 unspecified atom stereocenters. The van der Waals surface area contributed by atoms with Crippen molar-refractivity contribution < 1.29 is 0 Å². The first-order chi connectivity index (χ1) is 8.72. The van der Waals surface area contributed by atoms with Crippen molar-refractivity contribution in [3.8, 4) is 12.3 Å². The van der Waals surface area contributed by atoms with Crippen LogP contribution in [0.3, 0.4) is 0 Å². The number of rotatable bonds is 3. The monoisotopic (exact) mass is 242 g/mol. The lowest BCUT2D eigenvalue weighted by Gasteiger charge is -2.25. The van der Waals surface area contributed by atoms with Gasteiger partial charge in [0.25, 0.3) is 0 Å². The topological polar surface area (TPSA) is 24.1 Å². The summed E-state index contributed by atoms with van der Waals surface area (Å²) in [7, 11) is 0. The number of benzene rings is 1. The van der Waals surface area contributed by atoms with Crippen LogP contribution in [0.2, 0.25) is 0 Å². The smallest absolute Gasteiger partial charge is 0.0714 e. The van der Waals surface area contributed by atoms with Gasteiger partial charge in [-0.25, -0.2) is 0 Å². The molecule has 18 heavy (non-hydrogen) atoms. The maximum absolute atomic E-state index is 5.62. The number of nitrogens with one attached hydrogen (secondary N) is 2. The van der Waals surface area contributed by atoms with E-state index in [2.05, 4.69) is 54.7 Å². The van der Waals surface area contributed by atoms with Crippen molar-refractivity contribution in [1.29, 1.82) is 0 Å². The number of terminal acetylenes is 1. The number of fused-ring (bicyclic) bond motifs is 1. The van der Waals surface area contributed by atoms with E-state index < -0.39 is 0 Å². The van der Waals surface area contributed by atoms with Gasteiger partial charge in [0.05, 0.1) is 6.04 Å². The first-order valence-corrected chi connectivity index (χ1v) is 6.73. The van der Waals surface area contributed by atoms with Gasteiger partial charge in [0.15, 0.2) is 0 Å². The van der Waals surface area contributed by atoms with E-state index in [1.807, 2.05) is 0 Å². The Morgan fingerprint density at radius 2 is 2.17 bits per heavy atom. The van der Waals surface area contributed by atoms with Crippen molar-refractivity contribution in [2.75, 3.05) is 6.54 Å². The van der Waals surface area contributed by atoms with Crippen molar-refractivity contribution in [3.05, 3.63) is 35.4 Å². The van der Waals surface area contributed by atoms with E-state index in [0.717, 1.165) is 19.5 Å². The lowest BCUT2D eigenvalue weighted by atomic mass is 9.96. The van der Waals surface area contributed by atoms with Gasteiger partial charge in [-0.1, -0.05) is 44.0 Å². The maximum atomic E-state index is 5.62. The van der Waals surface area contributed by atoms with E-state index in [-0.39, 0.29) is 6.04 Å². The predicted molar refractivity (Wildman–Crippen MR) is 76.1 cm³/mol. The average molecular weight is 242 g/mol. The fourth-order valence-corrected chi connectivity index (χ4v) is 2.48. The Kier molecular flexibility index (Phi) is 4.41. The third kappa shape index (κ3) is 2.93. The highest BCUT2D eigenvalue weighted by molar-refractivity contribution is 5.31. The summed E-state index contributed by atoms with van der Waals surface area (Å²) in [5, 5.41) is 7.09. The van der Waals surface area contributed by atoms with Gasteiger partial charge < -0.3 is 5.32 Å². The minimum atomic E-state index is 0.140. The van der Waals surface area contributed by atoms with Gasteiger partial charge in [-0.3, -0.25) is 5.32 Å². The molecule has 1 aliphatic heterocycles. The molecule has 1 aliphatic rings. The molecule has 0 fully saturated rings. The zero-order valence-corrected chi connectivity index (χ0v) is 11.2. The highest BCUT2D eigenvalue weighted by Gasteiger charge is 2.21. The molecular weight excluding hydrogens is 220 g/mol. The van der Waals surface area contributed by atoms with Crippen molar-refractivity contribution in [3.63, 3.8) is 0 Å². The summed E-state index contributed by atoms with van der Waals surface area (Å²) in [5.41, 5.74) is 2.77. The lowest BCUT2D eigenvalue weighted by molar-refractivity contribution is 0.401. The molecule has 2 atom stereocenters. The highest BCUT2D eigenvalue weighted by atomic mass is 15.0. The van der Waals surface area contributed by atoms with Crippen LogP contribution in [0, 0.1) is 18.3 Å². The third-order valence-electron chi connectivity index (χ3n) is 3.58. The number of hydrogen-bond donors (Lipinski definition) is 2. The van der Waals surface area contributed by atoms with Crippen molar-refractivity contribution in [1.82, 2.24) is 10.6 Å². The van der Waals surface area contributed by atoms with Crippen LogP contribution in [0.4, 0.5) is 0 Å². The Balaban J connectivity index is 2.20. The van der Waals surface area contributed by atoms with Gasteiger partial charge in [0, 0.05) is 12.6 Å². The third-order valence-corrected chi connectivity index (χ3v) is 3.58. The fourth-order valence-electron chi connectivity index (χ4n) is 2.48. The molecule has 1 heterocycles. The van der Waals surface area contributed by atoms with Gasteiger partial charge in [-0.15, -0.1) is 6.42 Å². The van der Waals surface area contributed by atoms with E-state index in [0.29, 0.717) is 12.0 Å². The molecule has 2 nitrogen and oxygen atoms in total. The molecule has 0 saturated heterocycles. The Hall–Kier alpha value is -1.30. The summed E-state index contributed by atoms with van der Waals surface area (Å²) in [5.74, 6) is 3.33. The highest BCUT2D eigenvalue weighted by Crippen LogP contribution is 2.24. The second kappa shape index (κ2) is 6.04. The summed E-state index contributed by atoms with van der Waals surface area (Å²) in [4.78, 5) is 0. The fraction of sp³-hybridized carbons (Fsp3) is 0.500. The Morgan fingerprint density at radius 1 is 1.39 bits per heavy atom. The molecule has 0 saturated carbocycles. The second-order valence-electron chi connectivity index (χ2n) is 5.27. The molecule has 1 aromatic rings. The Bertz CT molecular complexity index is 431. The molecule has 2 N–H and O–H groups in total. The molecule has 2 heteroatoms. The van der Waals surface area contributed by atoms with E-state index in [9.17, 15) is 0 Å². The largest absolute Gasteiger partial charge is 0.313 e. The molecule has 0 aromatic heterocycles. The van der Waals surface area contributed by atoms with Gasteiger partial charge in [0.2, 0.25) is 0 Å². The minimum absolute atomic E-state index is 0.140. The summed E-state index contributed by atoms with van der Waals surface area (Å²) >= 11 is 0. The van der Waals surface area contributed by atoms with Crippen LogP contribution in [0.15, 0.2) is 24.3 Å². The maximum Gasteiger partial charge on any atom is 0.0714 e. The lowest BCUT2D eigenvalue weighted by Crippen LogP contribution is -2.36. The molecule has 0 aliphatic carbocycles. The van der Waals surface area contributed by atoms with Crippen LogP contribution < -0.4 is 10.6 Å². The van der Waals surface area contributed by atoms with E-state index in [4.69, 9.17) is 6.42 Å². The van der Waals surface area contributed by atoms with E-state index in [1.54, 1.807) is 0 Å². The van der Waals surface area contributed by atoms with Gasteiger partial charge >= 0.3 is 0 Å². The van der Waals surface area contributed by atoms with Crippen LogP contribution >= 0.6 is 0 Å². The predicted octanol–water partition coefficient (Wildman–Crippen LogP) is 2.47. The normalized spacial score (nSPS) is 20.9. The van der Waals surface area contributed by atoms with E-state index >= 15 is 0 Å². The van der Waals surface area contributed by atoms with Crippen molar-refractivity contribution >= 4 is 0 Å². The van der Waals surface area contributed by atoms with Gasteiger partial charge in [-0.05, 0) is 30.0 Å². The summed E-state index contributed by atoms with van der Waals surface area (Å²) in [6.45, 7) is 6.31. The molecule has 0 radical (unpaired) electrons. The van der Waals surface area contributed by atoms with Crippen molar-refractivity contribution in [2.24, 2.45) is 5.92 Å². The van der Waals surface area contributed by atoms with Crippen LogP contribution in [0.5, 0.6) is 0 Å². The molecular formula is C16H22N2. The first kappa shape index (κ1) is 13.1. The van der Waals surface area contributed by atoms with E-state index in [1.165, 1.54) is 11.1 Å². The zero-order valence-electron chi connectivity index (χ0n) is 11.2. The second-order valence-corrected chi connectivity index (χ2v) is 5.27. The molecule has 2 rings (SSSR count). The van der Waals surface area contributed by atoms with Gasteiger partial charge in [-0.2, -0.15) is 0 Å². The zero-order chi connectivity index (χ0) is 13.0. The van der Waals surface area contributed by atoms with Crippen LogP contribution in [0.1, 0.15) is 37.4 Å². The molecule has 0 amide bonds. The summed E-state index contributed by atoms with van der Waals surface area (Å²) in [6, 6.07) is 9.13. The van der Waals surface area contributed by atoms with Gasteiger partial charge in [0.1, 0.15) is 0 Å². The van der Waals surface area contributed by atoms with Crippen LogP contribution in [-0.2, 0) is 6.54 Å². The SMILES string of the molecule is C#CC(NC1CCNCc2ccccc21)C(C)C. The molecule has 1 aromatic carbocycles. The Labute approximate surface area is 110 Å². The molecule has 96 valence electrons. The van der Waals surface area contributed by atoms with Crippen molar-refractivity contribution in [2.45, 2.75) is 38.9 Å². The Morgan fingerprint density at radius 3 is 2.89 bits per heavy atom. The quantitative estimate of drug-likeness (QED) is 0.796. The van der Waals surface area contributed by atoms with Crippen LogP contribution in [0.25, 0.3) is 0 Å². The van der Waals surface area contributed by atoms with Crippen LogP contribution in [-0.4, -0.2) is 12.6 Å². The summed E-state index contributed by atoms with van der Waals surface area (Å²) < 4.78 is 0. The molecule has 0 spiro atoms. The molecule has 0 bridgehead atoms. The first-order valence-electron chi connectivity index (χ1n) is 6.73. The average Bonchev–Trinajstić information content (AvgIpc) is 2.58. The minimum Gasteiger partial charge on any atom is -0.313 e. The standard InChI is InChI=1S/C16H22N2/c1-4-15(12(2)3)18-16-9-10-17-11-13-7-5-6-8-14(13)16/h1,5-8,12,15-18H,9-11H2,2-3H3. The summed E-state index contributed by atoms with van der Waals surface area (Å²) in [6.07, 6.45) is 6.71.